The summed E-state index contributed by atoms with van der Waals surface area (Å²) in [6.45, 7) is 3.02. The number of nitrogens with zero attached hydrogens (tertiary/aromatic N) is 3. The van der Waals surface area contributed by atoms with Gasteiger partial charge in [-0.3, -0.25) is 0 Å². The molecule has 1 atom stereocenters. The first-order valence-corrected chi connectivity index (χ1v) is 5.52. The molecular weight excluding hydrogens is 190 g/mol. The monoisotopic (exact) mass is 208 g/mol. The Morgan fingerprint density at radius 2 is 2.27 bits per heavy atom. The summed E-state index contributed by atoms with van der Waals surface area (Å²) in [5, 5.41) is 0. The Bertz CT molecular complexity index is 358. The molecule has 0 bridgehead atoms. The minimum absolute atomic E-state index is 0.0998. The summed E-state index contributed by atoms with van der Waals surface area (Å²) < 4.78 is 3.54. The van der Waals surface area contributed by atoms with Gasteiger partial charge in [-0.25, -0.2) is 9.36 Å². The SMILES string of the molecule is C[C@H]1CCCCN1C(=O)n1cc[n+](C)c1. The molecule has 0 aliphatic carbocycles. The maximum atomic E-state index is 12.1. The fraction of sp³-hybridized carbons (Fsp3) is 0.636. The lowest BCUT2D eigenvalue weighted by Gasteiger charge is -2.31. The largest absolute Gasteiger partial charge is 0.416 e. The van der Waals surface area contributed by atoms with Crippen LogP contribution in [0, 0.1) is 0 Å². The number of aryl methyl sites for hydroxylation is 1. The predicted octanol–water partition coefficient (Wildman–Crippen LogP) is 1.16. The molecule has 82 valence electrons. The van der Waals surface area contributed by atoms with Crippen molar-refractivity contribution in [1.29, 1.82) is 0 Å². The van der Waals surface area contributed by atoms with Crippen LogP contribution in [0.1, 0.15) is 26.2 Å². The summed E-state index contributed by atoms with van der Waals surface area (Å²) in [4.78, 5) is 14.1. The van der Waals surface area contributed by atoms with Crippen LogP contribution in [0.25, 0.3) is 0 Å². The van der Waals surface area contributed by atoms with Crippen LogP contribution in [-0.2, 0) is 7.05 Å². The second-order valence-electron chi connectivity index (χ2n) is 4.31. The molecule has 4 heteroatoms. The van der Waals surface area contributed by atoms with Crippen molar-refractivity contribution in [2.45, 2.75) is 32.2 Å². The Labute approximate surface area is 90.1 Å². The Morgan fingerprint density at radius 3 is 2.87 bits per heavy atom. The highest BCUT2D eigenvalue weighted by molar-refractivity contribution is 5.76. The van der Waals surface area contributed by atoms with Crippen LogP contribution in [0.3, 0.4) is 0 Å². The van der Waals surface area contributed by atoms with Gasteiger partial charge in [-0.05, 0) is 26.2 Å². The highest BCUT2D eigenvalue weighted by Crippen LogP contribution is 2.17. The molecular formula is C11H18N3O+. The molecule has 1 aromatic heterocycles. The fourth-order valence-electron chi connectivity index (χ4n) is 2.09. The van der Waals surface area contributed by atoms with E-state index in [2.05, 4.69) is 6.92 Å². The number of hydrogen-bond donors (Lipinski definition) is 0. The third-order valence-electron chi connectivity index (χ3n) is 3.04. The number of amides is 1. The molecule has 0 unspecified atom stereocenters. The zero-order valence-electron chi connectivity index (χ0n) is 9.39. The molecule has 1 aliphatic rings. The number of carbonyl (C=O) groups excluding carboxylic acids is 1. The van der Waals surface area contributed by atoms with Crippen LogP contribution < -0.4 is 4.57 Å². The first-order chi connectivity index (χ1) is 7.18. The van der Waals surface area contributed by atoms with Gasteiger partial charge >= 0.3 is 6.03 Å². The average molecular weight is 208 g/mol. The maximum absolute atomic E-state index is 12.1. The zero-order chi connectivity index (χ0) is 10.8. The number of aromatic nitrogens is 2. The molecule has 1 aromatic rings. The molecule has 1 saturated heterocycles. The first kappa shape index (κ1) is 10.2. The molecule has 0 spiro atoms. The smallest absolute Gasteiger partial charge is 0.302 e. The van der Waals surface area contributed by atoms with Gasteiger partial charge in [-0.1, -0.05) is 0 Å². The van der Waals surface area contributed by atoms with E-state index in [4.69, 9.17) is 0 Å². The van der Waals surface area contributed by atoms with Gasteiger partial charge in [0.2, 0.25) is 0 Å². The highest BCUT2D eigenvalue weighted by atomic mass is 16.2. The van der Waals surface area contributed by atoms with Gasteiger partial charge < -0.3 is 4.90 Å². The number of likely N-dealkylation sites (tertiary alicyclic amines) is 1. The van der Waals surface area contributed by atoms with Crippen LogP contribution in [0.15, 0.2) is 18.7 Å². The van der Waals surface area contributed by atoms with Crippen molar-refractivity contribution in [3.63, 3.8) is 0 Å². The second-order valence-corrected chi connectivity index (χ2v) is 4.31. The van der Waals surface area contributed by atoms with Crippen LogP contribution in [0.2, 0.25) is 0 Å². The van der Waals surface area contributed by atoms with Crippen LogP contribution >= 0.6 is 0 Å². The molecule has 0 aromatic carbocycles. The summed E-state index contributed by atoms with van der Waals surface area (Å²) >= 11 is 0. The quantitative estimate of drug-likeness (QED) is 0.588. The van der Waals surface area contributed by atoms with E-state index < -0.39 is 0 Å². The van der Waals surface area contributed by atoms with E-state index in [1.54, 1.807) is 4.57 Å². The average Bonchev–Trinajstić information content (AvgIpc) is 2.65. The molecule has 15 heavy (non-hydrogen) atoms. The molecule has 0 N–H and O–H groups in total. The number of carbonyl (C=O) groups is 1. The van der Waals surface area contributed by atoms with E-state index in [1.165, 1.54) is 6.42 Å². The van der Waals surface area contributed by atoms with Gasteiger partial charge in [0.15, 0.2) is 0 Å². The summed E-state index contributed by atoms with van der Waals surface area (Å²) in [6, 6.07) is 0.474. The predicted molar refractivity (Wildman–Crippen MR) is 56.4 cm³/mol. The van der Waals surface area contributed by atoms with Crippen LogP contribution in [-0.4, -0.2) is 28.1 Å². The summed E-state index contributed by atoms with van der Waals surface area (Å²) in [7, 11) is 1.92. The Hall–Kier alpha value is -1.32. The van der Waals surface area contributed by atoms with Crippen molar-refractivity contribution < 1.29 is 9.36 Å². The topological polar surface area (TPSA) is 29.1 Å². The van der Waals surface area contributed by atoms with E-state index in [1.807, 2.05) is 35.2 Å². The van der Waals surface area contributed by atoms with Crippen molar-refractivity contribution >= 4 is 6.03 Å². The van der Waals surface area contributed by atoms with Gasteiger partial charge in [-0.2, -0.15) is 4.57 Å². The second kappa shape index (κ2) is 4.04. The molecule has 1 amide bonds. The fourth-order valence-corrected chi connectivity index (χ4v) is 2.09. The minimum atomic E-state index is 0.0998. The van der Waals surface area contributed by atoms with E-state index in [0.29, 0.717) is 6.04 Å². The number of piperidine rings is 1. The summed E-state index contributed by atoms with van der Waals surface area (Å²) in [5.74, 6) is 0. The normalized spacial score (nSPS) is 21.7. The van der Waals surface area contributed by atoms with Gasteiger partial charge in [0.25, 0.3) is 6.33 Å². The molecule has 1 aliphatic heterocycles. The number of rotatable bonds is 0. The molecule has 0 radical (unpaired) electrons. The zero-order valence-corrected chi connectivity index (χ0v) is 9.39. The van der Waals surface area contributed by atoms with Gasteiger partial charge in [0, 0.05) is 12.6 Å². The lowest BCUT2D eigenvalue weighted by Crippen LogP contribution is -2.44. The molecule has 1 fully saturated rings. The standard InChI is InChI=1S/C11H18N3O/c1-10-5-3-4-6-14(10)11(15)13-8-7-12(2)9-13/h7-10H,3-6H2,1-2H3/q+1/t10-/m0/s1. The van der Waals surface area contributed by atoms with Gasteiger partial charge in [-0.15, -0.1) is 0 Å². The van der Waals surface area contributed by atoms with Crippen molar-refractivity contribution in [1.82, 2.24) is 9.47 Å². The third-order valence-corrected chi connectivity index (χ3v) is 3.04. The molecule has 0 saturated carbocycles. The highest BCUT2D eigenvalue weighted by Gasteiger charge is 2.27. The number of hydrogen-bond acceptors (Lipinski definition) is 1. The maximum Gasteiger partial charge on any atom is 0.416 e. The van der Waals surface area contributed by atoms with E-state index >= 15 is 0 Å². The number of imidazole rings is 1. The Balaban J connectivity index is 2.13. The van der Waals surface area contributed by atoms with Crippen LogP contribution in [0.5, 0.6) is 0 Å². The van der Waals surface area contributed by atoms with Crippen molar-refractivity contribution in [2.75, 3.05) is 6.54 Å². The van der Waals surface area contributed by atoms with Crippen molar-refractivity contribution in [3.05, 3.63) is 18.7 Å². The van der Waals surface area contributed by atoms with Crippen molar-refractivity contribution in [2.24, 2.45) is 7.05 Å². The van der Waals surface area contributed by atoms with E-state index in [9.17, 15) is 4.79 Å². The van der Waals surface area contributed by atoms with Crippen LogP contribution in [0.4, 0.5) is 4.79 Å². The van der Waals surface area contributed by atoms with E-state index in [-0.39, 0.29) is 6.03 Å². The molecule has 2 heterocycles. The third kappa shape index (κ3) is 2.03. The van der Waals surface area contributed by atoms with E-state index in [0.717, 1.165) is 19.4 Å². The first-order valence-electron chi connectivity index (χ1n) is 5.52. The van der Waals surface area contributed by atoms with Gasteiger partial charge in [0.05, 0.1) is 7.05 Å². The minimum Gasteiger partial charge on any atom is -0.302 e. The molecule has 2 rings (SSSR count). The molecule has 4 nitrogen and oxygen atoms in total. The summed E-state index contributed by atoms with van der Waals surface area (Å²) in [6.07, 6.45) is 8.99. The lowest BCUT2D eigenvalue weighted by molar-refractivity contribution is -0.670. The Morgan fingerprint density at radius 1 is 1.47 bits per heavy atom. The lowest BCUT2D eigenvalue weighted by atomic mass is 10.0. The van der Waals surface area contributed by atoms with Crippen molar-refractivity contribution in [3.8, 4) is 0 Å². The summed E-state index contributed by atoms with van der Waals surface area (Å²) in [5.41, 5.74) is 0. The van der Waals surface area contributed by atoms with Gasteiger partial charge in [0.1, 0.15) is 12.4 Å². The Kier molecular flexibility index (Phi) is 2.75.